The van der Waals surface area contributed by atoms with Crippen LogP contribution in [0.25, 0.3) is 0 Å². The van der Waals surface area contributed by atoms with Gasteiger partial charge in [-0.1, -0.05) is 0 Å². The quantitative estimate of drug-likeness (QED) is 0.542. The van der Waals surface area contributed by atoms with Crippen molar-refractivity contribution >= 4 is 27.3 Å². The van der Waals surface area contributed by atoms with Crippen molar-refractivity contribution < 1.29 is 23.2 Å². The molecule has 0 radical (unpaired) electrons. The normalized spacial score (nSPS) is 14.8. The number of nitro benzene ring substituents is 1. The number of fused-ring (bicyclic) bond motifs is 1. The molecule has 0 aromatic heterocycles. The largest absolute Gasteiger partial charge is 0.387 e. The summed E-state index contributed by atoms with van der Waals surface area (Å²) in [5.41, 5.74) is 2.11. The van der Waals surface area contributed by atoms with E-state index in [-0.39, 0.29) is 12.2 Å². The van der Waals surface area contributed by atoms with Crippen LogP contribution in [0.5, 0.6) is 0 Å². The van der Waals surface area contributed by atoms with Crippen molar-refractivity contribution in [2.24, 2.45) is 0 Å². The number of nitrogens with one attached hydrogen (secondary N) is 1. The molecule has 0 aliphatic carbocycles. The van der Waals surface area contributed by atoms with Crippen LogP contribution in [0.1, 0.15) is 34.0 Å². The minimum absolute atomic E-state index is 0.0663. The van der Waals surface area contributed by atoms with Gasteiger partial charge in [0.1, 0.15) is 0 Å². The Kier molecular flexibility index (Phi) is 5.85. The SMILES string of the molecule is CS(=O)(=O)N1CCCc2cc(C(=O)NCC(O)c3ccc([N+](=O)[O-])cc3)ccc21. The lowest BCUT2D eigenvalue weighted by atomic mass is 10.0. The number of aliphatic hydroxyl groups is 1. The maximum absolute atomic E-state index is 12.4. The van der Waals surface area contributed by atoms with Crippen LogP contribution in [0.2, 0.25) is 0 Å². The lowest BCUT2D eigenvalue weighted by Gasteiger charge is -2.29. The van der Waals surface area contributed by atoms with Gasteiger partial charge in [0.25, 0.3) is 11.6 Å². The van der Waals surface area contributed by atoms with E-state index >= 15 is 0 Å². The van der Waals surface area contributed by atoms with Gasteiger partial charge in [0.2, 0.25) is 10.0 Å². The van der Waals surface area contributed by atoms with Crippen molar-refractivity contribution in [1.29, 1.82) is 0 Å². The molecular weight excluding hydrogens is 398 g/mol. The van der Waals surface area contributed by atoms with E-state index in [2.05, 4.69) is 5.32 Å². The highest BCUT2D eigenvalue weighted by molar-refractivity contribution is 7.92. The van der Waals surface area contributed by atoms with Crippen molar-refractivity contribution in [3.63, 3.8) is 0 Å². The second kappa shape index (κ2) is 8.18. The van der Waals surface area contributed by atoms with Gasteiger partial charge in [0, 0.05) is 30.8 Å². The van der Waals surface area contributed by atoms with Crippen LogP contribution in [0.3, 0.4) is 0 Å². The van der Waals surface area contributed by atoms with Crippen LogP contribution >= 0.6 is 0 Å². The Balaban J connectivity index is 1.67. The summed E-state index contributed by atoms with van der Waals surface area (Å²) >= 11 is 0. The molecule has 154 valence electrons. The summed E-state index contributed by atoms with van der Waals surface area (Å²) in [5.74, 6) is -0.398. The van der Waals surface area contributed by atoms with Gasteiger partial charge in [-0.05, 0) is 54.3 Å². The van der Waals surface area contributed by atoms with E-state index in [0.717, 1.165) is 11.8 Å². The summed E-state index contributed by atoms with van der Waals surface area (Å²) in [6.45, 7) is 0.349. The Morgan fingerprint density at radius 3 is 2.59 bits per heavy atom. The number of hydrogen-bond acceptors (Lipinski definition) is 6. The number of non-ortho nitro benzene ring substituents is 1. The Morgan fingerprint density at radius 2 is 1.97 bits per heavy atom. The van der Waals surface area contributed by atoms with Gasteiger partial charge in [-0.2, -0.15) is 0 Å². The molecule has 1 unspecified atom stereocenters. The number of aryl methyl sites for hydroxylation is 1. The maximum Gasteiger partial charge on any atom is 0.269 e. The molecule has 10 heteroatoms. The fraction of sp³-hybridized carbons (Fsp3) is 0.316. The van der Waals surface area contributed by atoms with E-state index in [9.17, 15) is 28.4 Å². The van der Waals surface area contributed by atoms with E-state index in [1.165, 1.54) is 28.6 Å². The predicted molar refractivity (Wildman–Crippen MR) is 107 cm³/mol. The number of nitrogens with zero attached hydrogens (tertiary/aromatic N) is 2. The highest BCUT2D eigenvalue weighted by Gasteiger charge is 2.24. The van der Waals surface area contributed by atoms with Gasteiger partial charge < -0.3 is 10.4 Å². The number of carbonyl (C=O) groups is 1. The molecule has 1 aliphatic heterocycles. The number of hydrogen-bond donors (Lipinski definition) is 2. The van der Waals surface area contributed by atoms with E-state index in [1.807, 2.05) is 0 Å². The highest BCUT2D eigenvalue weighted by atomic mass is 32.2. The molecule has 9 nitrogen and oxygen atoms in total. The van der Waals surface area contributed by atoms with E-state index in [0.29, 0.717) is 36.2 Å². The van der Waals surface area contributed by atoms with Gasteiger partial charge in [0.15, 0.2) is 0 Å². The Morgan fingerprint density at radius 1 is 1.28 bits per heavy atom. The number of aliphatic hydroxyl groups excluding tert-OH is 1. The molecule has 1 atom stereocenters. The maximum atomic E-state index is 12.4. The zero-order valence-corrected chi connectivity index (χ0v) is 16.6. The number of anilines is 1. The van der Waals surface area contributed by atoms with Crippen LogP contribution in [0, 0.1) is 10.1 Å². The fourth-order valence-electron chi connectivity index (χ4n) is 3.28. The molecule has 1 aliphatic rings. The average molecular weight is 419 g/mol. The minimum Gasteiger partial charge on any atom is -0.387 e. The fourth-order valence-corrected chi connectivity index (χ4v) is 4.27. The molecular formula is C19H21N3O6S. The van der Waals surface area contributed by atoms with Crippen LogP contribution in [0.4, 0.5) is 11.4 Å². The van der Waals surface area contributed by atoms with Gasteiger partial charge in [0.05, 0.1) is 23.0 Å². The first-order valence-corrected chi connectivity index (χ1v) is 10.8. The summed E-state index contributed by atoms with van der Waals surface area (Å²) in [7, 11) is -3.38. The van der Waals surface area contributed by atoms with E-state index < -0.39 is 27.0 Å². The van der Waals surface area contributed by atoms with E-state index in [1.54, 1.807) is 18.2 Å². The standard InChI is InChI=1S/C19H21N3O6S/c1-29(27,28)21-10-2-3-14-11-15(6-9-17(14)21)19(24)20-12-18(23)13-4-7-16(8-5-13)22(25)26/h4-9,11,18,23H,2-3,10,12H2,1H3,(H,20,24). The third-order valence-corrected chi connectivity index (χ3v) is 5.94. The molecule has 0 saturated carbocycles. The van der Waals surface area contributed by atoms with Crippen molar-refractivity contribution in [2.75, 3.05) is 23.7 Å². The van der Waals surface area contributed by atoms with Crippen LogP contribution in [0.15, 0.2) is 42.5 Å². The number of nitro groups is 1. The number of benzene rings is 2. The van der Waals surface area contributed by atoms with E-state index in [4.69, 9.17) is 0 Å². The molecule has 0 fully saturated rings. The van der Waals surface area contributed by atoms with Crippen molar-refractivity contribution in [1.82, 2.24) is 5.32 Å². The van der Waals surface area contributed by atoms with Gasteiger partial charge in [-0.25, -0.2) is 8.42 Å². The van der Waals surface area contributed by atoms with Crippen molar-refractivity contribution in [3.8, 4) is 0 Å². The number of amides is 1. The third-order valence-electron chi connectivity index (χ3n) is 4.76. The van der Waals surface area contributed by atoms with Gasteiger partial charge >= 0.3 is 0 Å². The molecule has 0 spiro atoms. The zero-order chi connectivity index (χ0) is 21.2. The molecule has 0 bridgehead atoms. The summed E-state index contributed by atoms with van der Waals surface area (Å²) in [6, 6.07) is 10.3. The van der Waals surface area contributed by atoms with Crippen molar-refractivity contribution in [3.05, 3.63) is 69.3 Å². The summed E-state index contributed by atoms with van der Waals surface area (Å²) in [6.07, 6.45) is 1.48. The summed E-state index contributed by atoms with van der Waals surface area (Å²) in [4.78, 5) is 22.6. The molecule has 29 heavy (non-hydrogen) atoms. The minimum atomic E-state index is -3.38. The van der Waals surface area contributed by atoms with Crippen LogP contribution < -0.4 is 9.62 Å². The first-order chi connectivity index (χ1) is 13.7. The Hall–Kier alpha value is -2.98. The smallest absolute Gasteiger partial charge is 0.269 e. The number of sulfonamides is 1. The van der Waals surface area contributed by atoms with Crippen LogP contribution in [-0.2, 0) is 16.4 Å². The molecule has 1 heterocycles. The van der Waals surface area contributed by atoms with Crippen molar-refractivity contribution in [2.45, 2.75) is 18.9 Å². The lowest BCUT2D eigenvalue weighted by Crippen LogP contribution is -2.35. The predicted octanol–water partition coefficient (Wildman–Crippen LogP) is 1.77. The third kappa shape index (κ3) is 4.72. The molecule has 2 N–H and O–H groups in total. The number of rotatable bonds is 6. The Bertz CT molecular complexity index is 1040. The monoisotopic (exact) mass is 419 g/mol. The van der Waals surface area contributed by atoms with Gasteiger partial charge in [-0.15, -0.1) is 0 Å². The first kappa shape index (κ1) is 20.7. The molecule has 3 rings (SSSR count). The summed E-state index contributed by atoms with van der Waals surface area (Å²) in [5, 5.41) is 23.5. The molecule has 0 saturated heterocycles. The topological polar surface area (TPSA) is 130 Å². The summed E-state index contributed by atoms with van der Waals surface area (Å²) < 4.78 is 25.2. The van der Waals surface area contributed by atoms with Gasteiger partial charge in [-0.3, -0.25) is 19.2 Å². The van der Waals surface area contributed by atoms with Crippen LogP contribution in [-0.4, -0.2) is 43.7 Å². The Labute approximate surface area is 168 Å². The average Bonchev–Trinajstić information content (AvgIpc) is 2.70. The zero-order valence-electron chi connectivity index (χ0n) is 15.7. The highest BCUT2D eigenvalue weighted by Crippen LogP contribution is 2.30. The number of carbonyl (C=O) groups excluding carboxylic acids is 1. The molecule has 2 aromatic rings. The molecule has 2 aromatic carbocycles. The second-order valence-corrected chi connectivity index (χ2v) is 8.76. The second-order valence-electron chi connectivity index (χ2n) is 6.86. The lowest BCUT2D eigenvalue weighted by molar-refractivity contribution is -0.384. The molecule has 1 amide bonds. The first-order valence-electron chi connectivity index (χ1n) is 8.98.